The Morgan fingerprint density at radius 3 is 2.31 bits per heavy atom. The predicted molar refractivity (Wildman–Crippen MR) is 118 cm³/mol. The number of hydrazone groups is 1. The number of hydrogen-bond donors (Lipinski definition) is 2. The van der Waals surface area contributed by atoms with Gasteiger partial charge in [-0.2, -0.15) is 5.10 Å². The van der Waals surface area contributed by atoms with Crippen molar-refractivity contribution in [2.75, 3.05) is 5.32 Å². The Hall–Kier alpha value is -4.04. The van der Waals surface area contributed by atoms with E-state index in [0.29, 0.717) is 27.6 Å². The van der Waals surface area contributed by atoms with Gasteiger partial charge in [-0.05, 0) is 67.1 Å². The molecule has 3 aromatic rings. The second-order valence-electron chi connectivity index (χ2n) is 6.50. The van der Waals surface area contributed by atoms with E-state index in [-0.39, 0.29) is 5.69 Å². The van der Waals surface area contributed by atoms with Gasteiger partial charge >= 0.3 is 17.8 Å². The average Bonchev–Trinajstić information content (AvgIpc) is 2.79. The molecule has 0 unspecified atom stereocenters. The number of anilines is 1. The number of nitrogens with one attached hydrogen (secondary N) is 2. The number of carbonyl (C=O) groups is 3. The van der Waals surface area contributed by atoms with E-state index in [2.05, 4.69) is 15.8 Å². The summed E-state index contributed by atoms with van der Waals surface area (Å²) in [7, 11) is 0. The molecule has 0 spiro atoms. The lowest BCUT2D eigenvalue weighted by Gasteiger charge is -2.07. The highest BCUT2D eigenvalue weighted by atomic mass is 35.5. The van der Waals surface area contributed by atoms with Crippen LogP contribution in [0.5, 0.6) is 5.75 Å². The summed E-state index contributed by atoms with van der Waals surface area (Å²) in [6.45, 7) is 1.61. The highest BCUT2D eigenvalue weighted by Gasteiger charge is 2.15. The summed E-state index contributed by atoms with van der Waals surface area (Å²) in [5, 5.41) is 6.45. The fourth-order valence-electron chi connectivity index (χ4n) is 2.54. The average molecular weight is 454 g/mol. The normalized spacial score (nSPS) is 10.9. The molecule has 0 fully saturated rings. The van der Waals surface area contributed by atoms with Crippen molar-refractivity contribution in [3.8, 4) is 5.75 Å². The van der Waals surface area contributed by atoms with Crippen LogP contribution in [0, 0.1) is 5.82 Å². The molecule has 0 aliphatic carbocycles. The number of ether oxygens (including phenoxy) is 1. The minimum atomic E-state index is -1.06. The Kier molecular flexibility index (Phi) is 7.30. The number of carbonyl (C=O) groups excluding carboxylic acids is 3. The maximum Gasteiger partial charge on any atom is 0.343 e. The number of esters is 1. The molecule has 2 amide bonds. The van der Waals surface area contributed by atoms with E-state index in [4.69, 9.17) is 16.3 Å². The molecule has 0 aromatic heterocycles. The number of amides is 2. The van der Waals surface area contributed by atoms with Crippen LogP contribution in [0.3, 0.4) is 0 Å². The van der Waals surface area contributed by atoms with Crippen molar-refractivity contribution < 1.29 is 23.5 Å². The van der Waals surface area contributed by atoms with Crippen molar-refractivity contribution in [2.45, 2.75) is 6.92 Å². The van der Waals surface area contributed by atoms with E-state index >= 15 is 0 Å². The number of para-hydroxylation sites is 1. The van der Waals surface area contributed by atoms with Crippen molar-refractivity contribution in [1.29, 1.82) is 0 Å². The summed E-state index contributed by atoms with van der Waals surface area (Å²) in [6, 6.07) is 18.2. The van der Waals surface area contributed by atoms with Gasteiger partial charge in [0.15, 0.2) is 0 Å². The minimum Gasteiger partial charge on any atom is -0.423 e. The quantitative estimate of drug-likeness (QED) is 0.199. The number of rotatable bonds is 5. The molecule has 0 radical (unpaired) electrons. The molecular weight excluding hydrogens is 437 g/mol. The van der Waals surface area contributed by atoms with Crippen LogP contribution in [0.2, 0.25) is 5.02 Å². The molecule has 0 saturated carbocycles. The molecule has 0 heterocycles. The Morgan fingerprint density at radius 2 is 1.62 bits per heavy atom. The van der Waals surface area contributed by atoms with Crippen molar-refractivity contribution in [2.24, 2.45) is 5.10 Å². The molecular formula is C23H17ClFN3O4. The van der Waals surface area contributed by atoms with E-state index in [1.165, 1.54) is 24.3 Å². The zero-order chi connectivity index (χ0) is 23.1. The highest BCUT2D eigenvalue weighted by Crippen LogP contribution is 2.17. The summed E-state index contributed by atoms with van der Waals surface area (Å²) in [6.07, 6.45) is 0. The zero-order valence-electron chi connectivity index (χ0n) is 16.8. The Balaban J connectivity index is 1.58. The lowest BCUT2D eigenvalue weighted by Crippen LogP contribution is -2.33. The molecule has 0 aliphatic rings. The summed E-state index contributed by atoms with van der Waals surface area (Å²) >= 11 is 5.87. The van der Waals surface area contributed by atoms with Gasteiger partial charge in [0.2, 0.25) is 0 Å². The maximum atomic E-state index is 13.6. The third-order valence-electron chi connectivity index (χ3n) is 4.20. The molecule has 9 heteroatoms. The molecule has 0 aliphatic heterocycles. The molecule has 0 atom stereocenters. The second-order valence-corrected chi connectivity index (χ2v) is 6.93. The lowest BCUT2D eigenvalue weighted by molar-refractivity contribution is -0.136. The Labute approximate surface area is 187 Å². The first-order chi connectivity index (χ1) is 15.3. The van der Waals surface area contributed by atoms with Crippen LogP contribution >= 0.6 is 11.6 Å². The topological polar surface area (TPSA) is 96.9 Å². The largest absolute Gasteiger partial charge is 0.423 e. The van der Waals surface area contributed by atoms with Crippen LogP contribution in [0.1, 0.15) is 22.8 Å². The molecule has 7 nitrogen and oxygen atoms in total. The van der Waals surface area contributed by atoms with Crippen molar-refractivity contribution in [1.82, 2.24) is 5.43 Å². The first-order valence-electron chi connectivity index (χ1n) is 9.32. The fourth-order valence-corrected chi connectivity index (χ4v) is 2.73. The van der Waals surface area contributed by atoms with Gasteiger partial charge in [0, 0.05) is 5.02 Å². The number of halogens is 2. The van der Waals surface area contributed by atoms with Crippen LogP contribution in [-0.2, 0) is 9.59 Å². The molecule has 0 saturated heterocycles. The standard InChI is InChI=1S/C23H17ClFN3O4/c1-14(27-28-22(30)21(29)26-20-8-3-2-7-19(20)25)15-9-11-18(12-10-15)32-23(31)16-5-4-6-17(24)13-16/h2-13H,1H3,(H,26,29)(H,28,30)/b27-14+. The maximum absolute atomic E-state index is 13.6. The SMILES string of the molecule is C/C(=N\NC(=O)C(=O)Nc1ccccc1F)c1ccc(OC(=O)c2cccc(Cl)c2)cc1. The Bertz CT molecular complexity index is 1200. The lowest BCUT2D eigenvalue weighted by atomic mass is 10.1. The van der Waals surface area contributed by atoms with Crippen molar-refractivity contribution in [3.63, 3.8) is 0 Å². The summed E-state index contributed by atoms with van der Waals surface area (Å²) in [5.74, 6) is -3.03. The molecule has 32 heavy (non-hydrogen) atoms. The van der Waals surface area contributed by atoms with Gasteiger partial charge in [-0.15, -0.1) is 0 Å². The van der Waals surface area contributed by atoms with Gasteiger partial charge in [0.1, 0.15) is 11.6 Å². The van der Waals surface area contributed by atoms with E-state index in [0.717, 1.165) is 6.07 Å². The first-order valence-corrected chi connectivity index (χ1v) is 9.69. The summed E-state index contributed by atoms with van der Waals surface area (Å²) in [4.78, 5) is 36.0. The van der Waals surface area contributed by atoms with Gasteiger partial charge in [0.05, 0.1) is 17.0 Å². The number of benzene rings is 3. The molecule has 2 N–H and O–H groups in total. The third kappa shape index (κ3) is 5.99. The Morgan fingerprint density at radius 1 is 0.906 bits per heavy atom. The smallest absolute Gasteiger partial charge is 0.343 e. The van der Waals surface area contributed by atoms with Gasteiger partial charge in [-0.3, -0.25) is 9.59 Å². The van der Waals surface area contributed by atoms with E-state index < -0.39 is 23.6 Å². The summed E-state index contributed by atoms with van der Waals surface area (Å²) < 4.78 is 18.9. The number of nitrogens with zero attached hydrogens (tertiary/aromatic N) is 1. The van der Waals surface area contributed by atoms with E-state index in [9.17, 15) is 18.8 Å². The van der Waals surface area contributed by atoms with Gasteiger partial charge in [-0.25, -0.2) is 14.6 Å². The molecule has 162 valence electrons. The molecule has 3 aromatic carbocycles. The van der Waals surface area contributed by atoms with E-state index in [1.54, 1.807) is 49.4 Å². The van der Waals surface area contributed by atoms with Gasteiger partial charge in [-0.1, -0.05) is 29.8 Å². The van der Waals surface area contributed by atoms with Gasteiger partial charge in [0.25, 0.3) is 0 Å². The fraction of sp³-hybridized carbons (Fsp3) is 0.0435. The van der Waals surface area contributed by atoms with Gasteiger partial charge < -0.3 is 10.1 Å². The van der Waals surface area contributed by atoms with Crippen LogP contribution in [-0.4, -0.2) is 23.5 Å². The van der Waals surface area contributed by atoms with Crippen LogP contribution in [0.25, 0.3) is 0 Å². The number of hydrogen-bond acceptors (Lipinski definition) is 5. The first kappa shape index (κ1) is 22.6. The second kappa shape index (κ2) is 10.3. The predicted octanol–water partition coefficient (Wildman–Crippen LogP) is 4.18. The van der Waals surface area contributed by atoms with Crippen molar-refractivity contribution in [3.05, 3.63) is 94.8 Å². The minimum absolute atomic E-state index is 0.115. The summed E-state index contributed by atoms with van der Waals surface area (Å²) in [5.41, 5.74) is 3.32. The molecule has 3 rings (SSSR count). The van der Waals surface area contributed by atoms with Crippen LogP contribution < -0.4 is 15.5 Å². The zero-order valence-corrected chi connectivity index (χ0v) is 17.5. The highest BCUT2D eigenvalue weighted by molar-refractivity contribution is 6.39. The monoisotopic (exact) mass is 453 g/mol. The van der Waals surface area contributed by atoms with Crippen LogP contribution in [0.15, 0.2) is 77.9 Å². The van der Waals surface area contributed by atoms with Crippen molar-refractivity contribution >= 4 is 40.8 Å². The van der Waals surface area contributed by atoms with E-state index in [1.807, 2.05) is 0 Å². The molecule has 0 bridgehead atoms. The van der Waals surface area contributed by atoms with Crippen LogP contribution in [0.4, 0.5) is 10.1 Å². The third-order valence-corrected chi connectivity index (χ3v) is 4.43.